The topological polar surface area (TPSA) is 166 Å². The van der Waals surface area contributed by atoms with Gasteiger partial charge >= 0.3 is 0 Å². The number of hydrogen-bond acceptors (Lipinski definition) is 9. The number of aryl methyl sites for hydroxylation is 4. The standard InChI is InChI=1S/C12H14N3.C12H13N2.C10H9NO.2C9H7N2.C8H6N3.3Ir/c1-12(2,3)11-8-10(14-15-11)9-6-4-5-7-13-9;1-9-5-4-6-12(7-9)14-11(3)8-10(2)13-14;1-7-5-6-11-10-8(7)3-2-4-9(10)12;2*1-2-5-9(6-3-1)11-8-4-7-10-11;1-2-4-9-7(3-1)8-10-5-6-11-8;;;/h4-8H,1-3H3;4-6,8H,1-3H3;2-6,12H,1H3;2*1-5,7-8H;1-6H;;;/q2*-1;;3*-1;;;. The molecular formula is C60H56Ir3N13O-5. The smallest absolute Gasteiger partial charge is 0.141 e. The molecular weight excluding hydrogens is 1500 g/mol. The molecule has 4 aromatic carbocycles. The fraction of sp³-hybridized carbons (Fsp3) is 0.133. The van der Waals surface area contributed by atoms with Gasteiger partial charge in [-0.15, -0.1) is 18.2 Å². The predicted octanol–water partition coefficient (Wildman–Crippen LogP) is 11.7. The zero-order chi connectivity index (χ0) is 52.1. The van der Waals surface area contributed by atoms with Gasteiger partial charge in [0.25, 0.3) is 0 Å². The van der Waals surface area contributed by atoms with Crippen molar-refractivity contribution in [3.8, 4) is 45.7 Å². The summed E-state index contributed by atoms with van der Waals surface area (Å²) in [6.45, 7) is 14.5. The zero-order valence-electron chi connectivity index (χ0n) is 43.4. The van der Waals surface area contributed by atoms with E-state index in [0.29, 0.717) is 11.3 Å². The van der Waals surface area contributed by atoms with Crippen LogP contribution in [0.4, 0.5) is 0 Å². The van der Waals surface area contributed by atoms with Crippen molar-refractivity contribution in [3.05, 3.63) is 254 Å². The maximum Gasteiger partial charge on any atom is 0.141 e. The van der Waals surface area contributed by atoms with Gasteiger partial charge in [-0.05, 0) is 104 Å². The first-order valence-electron chi connectivity index (χ1n) is 23.7. The van der Waals surface area contributed by atoms with Crippen molar-refractivity contribution in [3.63, 3.8) is 0 Å². The SMILES string of the molecule is CC(C)(C)c1cc(-c2ccccn2)[n-]n1.Cc1[c-]c(-n2nc(C)cc2C)ccc1.Cc1ccnc2c(O)cccc12.[Ir].[Ir].[Ir].[c-]1ccccc1-n1cccn1.[c-]1ccccc1-n1cccn1.c1ccc(-c2ncc[n-]2)nc1. The zero-order valence-corrected chi connectivity index (χ0v) is 50.6. The second-order valence-corrected chi connectivity index (χ2v) is 17.4. The number of aromatic hydroxyl groups is 1. The second-order valence-electron chi connectivity index (χ2n) is 17.4. The first kappa shape index (κ1) is 61.9. The molecule has 12 aromatic rings. The molecule has 0 saturated heterocycles. The van der Waals surface area contributed by atoms with Crippen LogP contribution in [0, 0.1) is 45.9 Å². The Bertz CT molecular complexity index is 3270. The van der Waals surface area contributed by atoms with E-state index in [9.17, 15) is 5.11 Å². The molecule has 0 aliphatic carbocycles. The molecule has 0 saturated carbocycles. The summed E-state index contributed by atoms with van der Waals surface area (Å²) in [5, 5.41) is 31.3. The number of pyridine rings is 3. The molecule has 0 aliphatic heterocycles. The molecule has 14 nitrogen and oxygen atoms in total. The summed E-state index contributed by atoms with van der Waals surface area (Å²) in [6.07, 6.45) is 15.8. The Morgan fingerprint density at radius 3 is 1.65 bits per heavy atom. The minimum Gasteiger partial charge on any atom is -0.573 e. The Morgan fingerprint density at radius 1 is 0.558 bits per heavy atom. The van der Waals surface area contributed by atoms with Crippen LogP contribution in [0.3, 0.4) is 0 Å². The Hall–Kier alpha value is -7.61. The summed E-state index contributed by atoms with van der Waals surface area (Å²) >= 11 is 0. The summed E-state index contributed by atoms with van der Waals surface area (Å²) in [5.74, 6) is 0.932. The average Bonchev–Trinajstić information content (AvgIpc) is 4.31. The van der Waals surface area contributed by atoms with Crippen molar-refractivity contribution >= 4 is 10.9 Å². The van der Waals surface area contributed by atoms with Crippen LogP contribution in [0.15, 0.2) is 207 Å². The predicted molar refractivity (Wildman–Crippen MR) is 290 cm³/mol. The van der Waals surface area contributed by atoms with Gasteiger partial charge in [0.2, 0.25) is 0 Å². The minimum absolute atomic E-state index is 0. The molecule has 0 aliphatic rings. The third-order valence-corrected chi connectivity index (χ3v) is 10.6. The molecule has 3 radical (unpaired) electrons. The maximum absolute atomic E-state index is 9.43. The van der Waals surface area contributed by atoms with Crippen LogP contribution in [-0.2, 0) is 65.7 Å². The number of para-hydroxylation sites is 3. The van der Waals surface area contributed by atoms with Gasteiger partial charge in [0.05, 0.1) is 11.4 Å². The van der Waals surface area contributed by atoms with Gasteiger partial charge in [-0.3, -0.25) is 29.0 Å². The van der Waals surface area contributed by atoms with E-state index in [4.69, 9.17) is 0 Å². The van der Waals surface area contributed by atoms with Crippen molar-refractivity contribution in [2.75, 3.05) is 0 Å². The molecule has 0 amide bonds. The van der Waals surface area contributed by atoms with Crippen molar-refractivity contribution in [1.29, 1.82) is 0 Å². The number of phenolic OH excluding ortho intramolecular Hbond substituents is 1. The average molecular weight is 1550 g/mol. The third kappa shape index (κ3) is 18.9. The fourth-order valence-electron chi connectivity index (χ4n) is 6.91. The molecule has 8 heterocycles. The molecule has 0 atom stereocenters. The van der Waals surface area contributed by atoms with E-state index in [-0.39, 0.29) is 71.5 Å². The van der Waals surface area contributed by atoms with Crippen LogP contribution in [0.5, 0.6) is 5.75 Å². The van der Waals surface area contributed by atoms with Crippen molar-refractivity contribution in [2.45, 2.75) is 53.9 Å². The number of rotatable bonds is 5. The number of hydrogen-bond donors (Lipinski definition) is 1. The summed E-state index contributed by atoms with van der Waals surface area (Å²) in [5.41, 5.74) is 11.7. The molecule has 0 spiro atoms. The molecule has 0 unspecified atom stereocenters. The second kappa shape index (κ2) is 31.4. The van der Waals surface area contributed by atoms with Crippen LogP contribution in [-0.4, -0.2) is 59.5 Å². The van der Waals surface area contributed by atoms with Crippen molar-refractivity contribution in [2.24, 2.45) is 0 Å². The quantitative estimate of drug-likeness (QED) is 0.163. The molecule has 399 valence electrons. The Kier molecular flexibility index (Phi) is 25.3. The normalized spacial score (nSPS) is 10.0. The molecule has 8 aromatic heterocycles. The first-order valence-corrected chi connectivity index (χ1v) is 23.7. The van der Waals surface area contributed by atoms with E-state index in [1.165, 1.54) is 0 Å². The van der Waals surface area contributed by atoms with E-state index in [2.05, 4.69) is 102 Å². The van der Waals surface area contributed by atoms with Crippen LogP contribution >= 0.6 is 0 Å². The van der Waals surface area contributed by atoms with Gasteiger partial charge in [0, 0.05) is 132 Å². The Morgan fingerprint density at radius 2 is 1.17 bits per heavy atom. The molecule has 0 fully saturated rings. The van der Waals surface area contributed by atoms with E-state index in [0.717, 1.165) is 67.7 Å². The monoisotopic (exact) mass is 1550 g/mol. The van der Waals surface area contributed by atoms with E-state index < -0.39 is 0 Å². The Balaban J connectivity index is 0.000000199. The van der Waals surface area contributed by atoms with Gasteiger partial charge in [-0.25, -0.2) is 0 Å². The van der Waals surface area contributed by atoms with Crippen molar-refractivity contribution in [1.82, 2.24) is 64.5 Å². The largest absolute Gasteiger partial charge is 0.573 e. The van der Waals surface area contributed by atoms with Gasteiger partial charge in [0.1, 0.15) is 11.3 Å². The third-order valence-electron chi connectivity index (χ3n) is 10.6. The number of fused-ring (bicyclic) bond motifs is 1. The number of nitrogens with zero attached hydrogens (tertiary/aromatic N) is 13. The number of benzene rings is 4. The summed E-state index contributed by atoms with van der Waals surface area (Å²) in [6, 6.07) is 57.6. The number of imidazole rings is 1. The van der Waals surface area contributed by atoms with Crippen molar-refractivity contribution < 1.29 is 65.4 Å². The summed E-state index contributed by atoms with van der Waals surface area (Å²) in [4.78, 5) is 20.5. The van der Waals surface area contributed by atoms with Gasteiger partial charge in [-0.1, -0.05) is 76.1 Å². The number of aromatic nitrogens is 13. The molecule has 0 bridgehead atoms. The fourth-order valence-corrected chi connectivity index (χ4v) is 6.91. The van der Waals surface area contributed by atoms with Crippen LogP contribution < -0.4 is 10.1 Å². The maximum atomic E-state index is 9.43. The van der Waals surface area contributed by atoms with Gasteiger partial charge in [0.15, 0.2) is 0 Å². The van der Waals surface area contributed by atoms with E-state index in [1.54, 1.807) is 58.8 Å². The molecule has 1 N–H and O–H groups in total. The first-order chi connectivity index (χ1) is 35.9. The number of phenols is 1. The van der Waals surface area contributed by atoms with E-state index in [1.807, 2.05) is 177 Å². The van der Waals surface area contributed by atoms with Crippen LogP contribution in [0.2, 0.25) is 0 Å². The summed E-state index contributed by atoms with van der Waals surface area (Å²) < 4.78 is 5.47. The van der Waals surface area contributed by atoms with Gasteiger partial charge < -0.3 is 25.3 Å². The van der Waals surface area contributed by atoms with E-state index >= 15 is 0 Å². The van der Waals surface area contributed by atoms with Crippen LogP contribution in [0.25, 0.3) is 50.9 Å². The molecule has 12 rings (SSSR count). The summed E-state index contributed by atoms with van der Waals surface area (Å²) in [7, 11) is 0. The Labute approximate surface area is 490 Å². The van der Waals surface area contributed by atoms with Gasteiger partial charge in [-0.2, -0.15) is 87.6 Å². The minimum atomic E-state index is 0. The molecule has 17 heteroatoms. The van der Waals surface area contributed by atoms with Crippen LogP contribution in [0.1, 0.15) is 49.0 Å². The molecule has 77 heavy (non-hydrogen) atoms.